The Labute approximate surface area is 133 Å². The highest BCUT2D eigenvalue weighted by atomic mass is 127. The third kappa shape index (κ3) is 3.91. The molecule has 110 valence electrons. The van der Waals surface area contributed by atoms with Crippen LogP contribution in [0.1, 0.15) is 30.1 Å². The van der Waals surface area contributed by atoms with Crippen LogP contribution in [0.4, 0.5) is 4.39 Å². The van der Waals surface area contributed by atoms with Gasteiger partial charge in [-0.15, -0.1) is 0 Å². The number of likely N-dealkylation sites (tertiary alicyclic amines) is 1. The molecule has 1 N–H and O–H groups in total. The van der Waals surface area contributed by atoms with E-state index >= 15 is 0 Å². The molecule has 0 unspecified atom stereocenters. The van der Waals surface area contributed by atoms with E-state index in [1.54, 1.807) is 6.07 Å². The predicted molar refractivity (Wildman–Crippen MR) is 86.3 cm³/mol. The van der Waals surface area contributed by atoms with Crippen molar-refractivity contribution in [3.63, 3.8) is 0 Å². The minimum atomic E-state index is -0.312. The molecule has 1 saturated heterocycles. The van der Waals surface area contributed by atoms with Gasteiger partial charge in [-0.25, -0.2) is 4.39 Å². The summed E-state index contributed by atoms with van der Waals surface area (Å²) in [7, 11) is 2.12. The number of piperidine rings is 1. The van der Waals surface area contributed by atoms with Crippen molar-refractivity contribution >= 4 is 28.5 Å². The fraction of sp³-hybridized carbons (Fsp3) is 0.533. The van der Waals surface area contributed by atoms with Crippen LogP contribution in [0.25, 0.3) is 0 Å². The Balaban J connectivity index is 1.95. The summed E-state index contributed by atoms with van der Waals surface area (Å²) in [6, 6.07) is 4.25. The Bertz CT molecular complexity index is 499. The van der Waals surface area contributed by atoms with Gasteiger partial charge in [0.15, 0.2) is 0 Å². The van der Waals surface area contributed by atoms with Gasteiger partial charge in [-0.05, 0) is 79.2 Å². The molecule has 0 aromatic heterocycles. The maximum atomic E-state index is 13.0. The summed E-state index contributed by atoms with van der Waals surface area (Å²) in [5, 5.41) is 3.00. The number of carbonyl (C=O) groups is 1. The van der Waals surface area contributed by atoms with Gasteiger partial charge in [0.05, 0.1) is 5.56 Å². The van der Waals surface area contributed by atoms with E-state index in [0.29, 0.717) is 15.7 Å². The van der Waals surface area contributed by atoms with Gasteiger partial charge in [-0.1, -0.05) is 6.92 Å². The molecule has 2 rings (SSSR count). The van der Waals surface area contributed by atoms with Crippen molar-refractivity contribution < 1.29 is 9.18 Å². The zero-order valence-electron chi connectivity index (χ0n) is 11.9. The van der Waals surface area contributed by atoms with Gasteiger partial charge in [0.1, 0.15) is 5.82 Å². The minimum absolute atomic E-state index is 0.116. The Morgan fingerprint density at radius 2 is 2.10 bits per heavy atom. The van der Waals surface area contributed by atoms with Crippen molar-refractivity contribution in [3.05, 3.63) is 33.1 Å². The maximum Gasteiger partial charge on any atom is 0.252 e. The van der Waals surface area contributed by atoms with Gasteiger partial charge in [0.2, 0.25) is 0 Å². The second kappa shape index (κ2) is 6.39. The molecule has 0 aliphatic carbocycles. The van der Waals surface area contributed by atoms with Crippen LogP contribution in [-0.4, -0.2) is 37.5 Å². The van der Waals surface area contributed by atoms with Gasteiger partial charge in [-0.3, -0.25) is 4.79 Å². The molecule has 0 radical (unpaired) electrons. The smallest absolute Gasteiger partial charge is 0.252 e. The summed E-state index contributed by atoms with van der Waals surface area (Å²) in [5.41, 5.74) is 0.705. The van der Waals surface area contributed by atoms with Crippen molar-refractivity contribution in [2.24, 2.45) is 5.41 Å². The number of hydrogen-bond acceptors (Lipinski definition) is 2. The lowest BCUT2D eigenvalue weighted by atomic mass is 9.80. The van der Waals surface area contributed by atoms with E-state index in [4.69, 9.17) is 0 Å². The summed E-state index contributed by atoms with van der Waals surface area (Å²) in [6.07, 6.45) is 2.18. The molecule has 1 aromatic rings. The lowest BCUT2D eigenvalue weighted by Crippen LogP contribution is -2.43. The molecule has 1 amide bonds. The number of nitrogens with one attached hydrogen (secondary N) is 1. The molecule has 1 aliphatic rings. The van der Waals surface area contributed by atoms with E-state index in [0.717, 1.165) is 25.9 Å². The van der Waals surface area contributed by atoms with E-state index in [-0.39, 0.29) is 17.1 Å². The number of amides is 1. The van der Waals surface area contributed by atoms with Crippen molar-refractivity contribution in [2.45, 2.75) is 19.8 Å². The molecule has 1 fully saturated rings. The number of halogens is 2. The quantitative estimate of drug-likeness (QED) is 0.806. The molecular formula is C15H20FIN2O. The number of benzene rings is 1. The van der Waals surface area contributed by atoms with E-state index in [9.17, 15) is 9.18 Å². The fourth-order valence-corrected chi connectivity index (χ4v) is 3.12. The van der Waals surface area contributed by atoms with Crippen molar-refractivity contribution in [1.82, 2.24) is 10.2 Å². The maximum absolute atomic E-state index is 13.0. The minimum Gasteiger partial charge on any atom is -0.351 e. The van der Waals surface area contributed by atoms with E-state index in [2.05, 4.69) is 24.2 Å². The number of rotatable bonds is 3. The summed E-state index contributed by atoms with van der Waals surface area (Å²) in [5.74, 6) is -0.428. The highest BCUT2D eigenvalue weighted by molar-refractivity contribution is 14.1. The topological polar surface area (TPSA) is 32.3 Å². The molecule has 0 saturated carbocycles. The Morgan fingerprint density at radius 1 is 1.45 bits per heavy atom. The first-order valence-electron chi connectivity index (χ1n) is 6.81. The van der Waals surface area contributed by atoms with Crippen LogP contribution in [0.2, 0.25) is 0 Å². The number of carbonyl (C=O) groups excluding carboxylic acids is 1. The third-order valence-corrected chi connectivity index (χ3v) is 4.94. The van der Waals surface area contributed by atoms with Gasteiger partial charge in [-0.2, -0.15) is 0 Å². The molecule has 1 heterocycles. The Hall–Kier alpha value is -0.690. The van der Waals surface area contributed by atoms with Gasteiger partial charge >= 0.3 is 0 Å². The normalized spacial score (nSPS) is 18.8. The summed E-state index contributed by atoms with van der Waals surface area (Å²) >= 11 is 1.99. The SMILES string of the molecule is CN1CCC(C)(CNC(=O)c2ccc(F)cc2I)CC1. The molecule has 1 aromatic carbocycles. The molecule has 5 heteroatoms. The van der Waals surface area contributed by atoms with E-state index in [1.807, 2.05) is 22.6 Å². The molecule has 3 nitrogen and oxygen atoms in total. The van der Waals surface area contributed by atoms with Crippen molar-refractivity contribution in [2.75, 3.05) is 26.7 Å². The molecule has 0 spiro atoms. The molecule has 20 heavy (non-hydrogen) atoms. The highest BCUT2D eigenvalue weighted by Gasteiger charge is 2.29. The first kappa shape index (κ1) is 15.7. The van der Waals surface area contributed by atoms with Gasteiger partial charge in [0.25, 0.3) is 5.91 Å². The third-order valence-electron chi connectivity index (χ3n) is 4.05. The van der Waals surface area contributed by atoms with Crippen LogP contribution in [0.15, 0.2) is 18.2 Å². The second-order valence-corrected chi connectivity index (χ2v) is 7.08. The van der Waals surface area contributed by atoms with Crippen LogP contribution in [-0.2, 0) is 0 Å². The second-order valence-electron chi connectivity index (χ2n) is 5.92. The first-order chi connectivity index (χ1) is 9.39. The summed E-state index contributed by atoms with van der Waals surface area (Å²) in [6.45, 7) is 5.03. The largest absolute Gasteiger partial charge is 0.351 e. The molecule has 0 atom stereocenters. The summed E-state index contributed by atoms with van der Waals surface area (Å²) in [4.78, 5) is 14.5. The van der Waals surface area contributed by atoms with Gasteiger partial charge in [0, 0.05) is 10.1 Å². The van der Waals surface area contributed by atoms with Gasteiger partial charge < -0.3 is 10.2 Å². The average molecular weight is 390 g/mol. The Kier molecular flexibility index (Phi) is 5.01. The van der Waals surface area contributed by atoms with Crippen molar-refractivity contribution in [3.8, 4) is 0 Å². The predicted octanol–water partition coefficient (Wildman–Crippen LogP) is 2.89. The van der Waals surface area contributed by atoms with E-state index in [1.165, 1.54) is 12.1 Å². The van der Waals surface area contributed by atoms with Crippen LogP contribution in [0, 0.1) is 14.8 Å². The van der Waals surface area contributed by atoms with E-state index < -0.39 is 0 Å². The first-order valence-corrected chi connectivity index (χ1v) is 7.89. The van der Waals surface area contributed by atoms with Crippen LogP contribution >= 0.6 is 22.6 Å². The zero-order valence-corrected chi connectivity index (χ0v) is 14.0. The molecular weight excluding hydrogens is 370 g/mol. The highest BCUT2D eigenvalue weighted by Crippen LogP contribution is 2.29. The lowest BCUT2D eigenvalue weighted by Gasteiger charge is -2.38. The fourth-order valence-electron chi connectivity index (χ4n) is 2.40. The molecule has 1 aliphatic heterocycles. The summed E-state index contributed by atoms with van der Waals surface area (Å²) < 4.78 is 13.7. The lowest BCUT2D eigenvalue weighted by molar-refractivity contribution is 0.0890. The van der Waals surface area contributed by atoms with Crippen LogP contribution < -0.4 is 5.32 Å². The van der Waals surface area contributed by atoms with Crippen molar-refractivity contribution in [1.29, 1.82) is 0 Å². The molecule has 0 bridgehead atoms. The standard InChI is InChI=1S/C15H20FIN2O/c1-15(5-7-19(2)8-6-15)10-18-14(20)12-4-3-11(16)9-13(12)17/h3-4,9H,5-8,10H2,1-2H3,(H,18,20). The number of nitrogens with zero attached hydrogens (tertiary/aromatic N) is 1. The van der Waals surface area contributed by atoms with Crippen LogP contribution in [0.5, 0.6) is 0 Å². The number of hydrogen-bond donors (Lipinski definition) is 1. The van der Waals surface area contributed by atoms with Crippen LogP contribution in [0.3, 0.4) is 0 Å². The monoisotopic (exact) mass is 390 g/mol. The Morgan fingerprint density at radius 3 is 2.70 bits per heavy atom. The zero-order chi connectivity index (χ0) is 14.8. The average Bonchev–Trinajstić information content (AvgIpc) is 2.40.